The number of nitrogens with two attached hydrogens (primary N) is 1. The maximum atomic E-state index is 5.60. The standard InChI is InChI=1S/C11H11N3/c12-11-3-1-9(2-4-11)5-10-6-13-8-14-7-10/h1-4,6-8H,5,12H2. The quantitative estimate of drug-likeness (QED) is 0.724. The molecule has 0 aliphatic heterocycles. The number of hydrogen-bond acceptors (Lipinski definition) is 3. The summed E-state index contributed by atoms with van der Waals surface area (Å²) in [4.78, 5) is 7.93. The number of anilines is 1. The molecule has 0 aliphatic carbocycles. The van der Waals surface area contributed by atoms with Gasteiger partial charge in [0.1, 0.15) is 6.33 Å². The maximum absolute atomic E-state index is 5.60. The molecule has 0 amide bonds. The van der Waals surface area contributed by atoms with Crippen molar-refractivity contribution < 1.29 is 0 Å². The molecular formula is C11H11N3. The lowest BCUT2D eigenvalue weighted by Gasteiger charge is -2.00. The van der Waals surface area contributed by atoms with Gasteiger partial charge >= 0.3 is 0 Å². The Labute approximate surface area is 82.6 Å². The van der Waals surface area contributed by atoms with Crippen molar-refractivity contribution in [3.8, 4) is 0 Å². The normalized spacial score (nSPS) is 10.0. The highest BCUT2D eigenvalue weighted by molar-refractivity contribution is 5.40. The van der Waals surface area contributed by atoms with Crippen molar-refractivity contribution in [2.24, 2.45) is 0 Å². The number of nitrogens with zero attached hydrogens (tertiary/aromatic N) is 2. The van der Waals surface area contributed by atoms with E-state index in [1.807, 2.05) is 36.7 Å². The number of aromatic nitrogens is 2. The van der Waals surface area contributed by atoms with Gasteiger partial charge in [0.25, 0.3) is 0 Å². The third-order valence-corrected chi connectivity index (χ3v) is 2.00. The highest BCUT2D eigenvalue weighted by Gasteiger charge is 1.95. The highest BCUT2D eigenvalue weighted by atomic mass is 14.8. The van der Waals surface area contributed by atoms with Gasteiger partial charge in [-0.25, -0.2) is 9.97 Å². The minimum Gasteiger partial charge on any atom is -0.399 e. The summed E-state index contributed by atoms with van der Waals surface area (Å²) in [5.41, 5.74) is 8.71. The zero-order chi connectivity index (χ0) is 9.80. The molecule has 2 N–H and O–H groups in total. The average Bonchev–Trinajstić information content (AvgIpc) is 2.23. The van der Waals surface area contributed by atoms with Crippen LogP contribution in [0.4, 0.5) is 5.69 Å². The van der Waals surface area contributed by atoms with Gasteiger partial charge in [-0.2, -0.15) is 0 Å². The third kappa shape index (κ3) is 2.07. The van der Waals surface area contributed by atoms with Crippen LogP contribution in [0, 0.1) is 0 Å². The van der Waals surface area contributed by atoms with Crippen molar-refractivity contribution in [3.05, 3.63) is 54.1 Å². The average molecular weight is 185 g/mol. The minimum absolute atomic E-state index is 0.790. The molecule has 1 heterocycles. The molecule has 70 valence electrons. The second-order valence-corrected chi connectivity index (χ2v) is 3.17. The molecule has 2 rings (SSSR count). The number of rotatable bonds is 2. The van der Waals surface area contributed by atoms with E-state index >= 15 is 0 Å². The Kier molecular flexibility index (Phi) is 2.40. The number of hydrogen-bond donors (Lipinski definition) is 1. The van der Waals surface area contributed by atoms with Gasteiger partial charge in [-0.1, -0.05) is 12.1 Å². The predicted molar refractivity (Wildman–Crippen MR) is 55.7 cm³/mol. The van der Waals surface area contributed by atoms with Crippen LogP contribution >= 0.6 is 0 Å². The van der Waals surface area contributed by atoms with E-state index in [-0.39, 0.29) is 0 Å². The largest absolute Gasteiger partial charge is 0.399 e. The van der Waals surface area contributed by atoms with Crippen LogP contribution in [0.25, 0.3) is 0 Å². The van der Waals surface area contributed by atoms with E-state index in [2.05, 4.69) is 9.97 Å². The molecule has 2 aromatic rings. The molecule has 0 unspecified atom stereocenters. The van der Waals surface area contributed by atoms with Gasteiger partial charge in [-0.05, 0) is 23.3 Å². The molecule has 0 aliphatic rings. The number of benzene rings is 1. The summed E-state index contributed by atoms with van der Waals surface area (Å²) in [6.07, 6.45) is 6.03. The topological polar surface area (TPSA) is 51.8 Å². The fourth-order valence-corrected chi connectivity index (χ4v) is 1.29. The molecule has 0 fully saturated rings. The van der Waals surface area contributed by atoms with Crippen LogP contribution < -0.4 is 5.73 Å². The lowest BCUT2D eigenvalue weighted by Crippen LogP contribution is -1.91. The van der Waals surface area contributed by atoms with Crippen molar-refractivity contribution >= 4 is 5.69 Å². The summed E-state index contributed by atoms with van der Waals surface area (Å²) in [7, 11) is 0. The first-order valence-electron chi connectivity index (χ1n) is 4.43. The van der Waals surface area contributed by atoms with E-state index in [4.69, 9.17) is 5.73 Å². The zero-order valence-corrected chi connectivity index (χ0v) is 7.72. The molecule has 3 nitrogen and oxygen atoms in total. The van der Waals surface area contributed by atoms with Crippen molar-refractivity contribution in [2.75, 3.05) is 5.73 Å². The van der Waals surface area contributed by atoms with Gasteiger partial charge in [0.05, 0.1) is 0 Å². The van der Waals surface area contributed by atoms with Gasteiger partial charge in [-0.15, -0.1) is 0 Å². The zero-order valence-electron chi connectivity index (χ0n) is 7.72. The first-order chi connectivity index (χ1) is 6.84. The predicted octanol–water partition coefficient (Wildman–Crippen LogP) is 1.65. The van der Waals surface area contributed by atoms with Crippen LogP contribution in [0.15, 0.2) is 43.0 Å². The Bertz CT molecular complexity index is 395. The SMILES string of the molecule is Nc1ccc(Cc2cncnc2)cc1. The molecule has 0 saturated carbocycles. The highest BCUT2D eigenvalue weighted by Crippen LogP contribution is 2.09. The van der Waals surface area contributed by atoms with Crippen molar-refractivity contribution in [1.29, 1.82) is 0 Å². The van der Waals surface area contributed by atoms with Crippen LogP contribution in [0.1, 0.15) is 11.1 Å². The molecule has 1 aromatic heterocycles. The summed E-state index contributed by atoms with van der Waals surface area (Å²) >= 11 is 0. The molecule has 3 heteroatoms. The van der Waals surface area contributed by atoms with E-state index in [0.29, 0.717) is 0 Å². The molecule has 0 bridgehead atoms. The van der Waals surface area contributed by atoms with E-state index in [1.54, 1.807) is 0 Å². The molecule has 0 atom stereocenters. The second-order valence-electron chi connectivity index (χ2n) is 3.17. The summed E-state index contributed by atoms with van der Waals surface area (Å²) in [6.45, 7) is 0. The molecular weight excluding hydrogens is 174 g/mol. The van der Waals surface area contributed by atoms with Gasteiger partial charge in [0, 0.05) is 24.5 Å². The summed E-state index contributed by atoms with van der Waals surface area (Å²) in [5.74, 6) is 0. The van der Waals surface area contributed by atoms with Gasteiger partial charge in [-0.3, -0.25) is 0 Å². The van der Waals surface area contributed by atoms with E-state index in [0.717, 1.165) is 17.7 Å². The van der Waals surface area contributed by atoms with Gasteiger partial charge in [0.15, 0.2) is 0 Å². The first-order valence-corrected chi connectivity index (χ1v) is 4.43. The lowest BCUT2D eigenvalue weighted by atomic mass is 10.1. The van der Waals surface area contributed by atoms with Crippen molar-refractivity contribution in [2.45, 2.75) is 6.42 Å². The Morgan fingerprint density at radius 2 is 1.57 bits per heavy atom. The molecule has 1 aromatic carbocycles. The Hall–Kier alpha value is -1.90. The number of nitrogen functional groups attached to an aromatic ring is 1. The van der Waals surface area contributed by atoms with Crippen molar-refractivity contribution in [3.63, 3.8) is 0 Å². The molecule has 0 saturated heterocycles. The Morgan fingerprint density at radius 3 is 2.21 bits per heavy atom. The molecule has 0 spiro atoms. The van der Waals surface area contributed by atoms with E-state index in [1.165, 1.54) is 11.9 Å². The lowest BCUT2D eigenvalue weighted by molar-refractivity contribution is 1.07. The minimum atomic E-state index is 0.790. The fourth-order valence-electron chi connectivity index (χ4n) is 1.29. The smallest absolute Gasteiger partial charge is 0.115 e. The molecule has 0 radical (unpaired) electrons. The van der Waals surface area contributed by atoms with Crippen molar-refractivity contribution in [1.82, 2.24) is 9.97 Å². The molecule has 14 heavy (non-hydrogen) atoms. The maximum Gasteiger partial charge on any atom is 0.115 e. The van der Waals surface area contributed by atoms with Crippen LogP contribution in [-0.4, -0.2) is 9.97 Å². The van der Waals surface area contributed by atoms with Gasteiger partial charge in [0.2, 0.25) is 0 Å². The monoisotopic (exact) mass is 185 g/mol. The summed E-state index contributed by atoms with van der Waals surface area (Å²) < 4.78 is 0. The third-order valence-electron chi connectivity index (χ3n) is 2.00. The van der Waals surface area contributed by atoms with Gasteiger partial charge < -0.3 is 5.73 Å². The van der Waals surface area contributed by atoms with Crippen LogP contribution in [0.3, 0.4) is 0 Å². The first kappa shape index (κ1) is 8.69. The van der Waals surface area contributed by atoms with E-state index in [9.17, 15) is 0 Å². The van der Waals surface area contributed by atoms with Crippen LogP contribution in [0.5, 0.6) is 0 Å². The fraction of sp³-hybridized carbons (Fsp3) is 0.0909. The summed E-state index contributed by atoms with van der Waals surface area (Å²) in [5, 5.41) is 0. The van der Waals surface area contributed by atoms with Crippen LogP contribution in [0.2, 0.25) is 0 Å². The second kappa shape index (κ2) is 3.87. The van der Waals surface area contributed by atoms with E-state index < -0.39 is 0 Å². The van der Waals surface area contributed by atoms with Crippen LogP contribution in [-0.2, 0) is 6.42 Å². The summed E-state index contributed by atoms with van der Waals surface area (Å²) in [6, 6.07) is 7.84. The Morgan fingerprint density at radius 1 is 0.929 bits per heavy atom. The Balaban J connectivity index is 2.16.